The molecule has 0 amide bonds. The number of nitrogens with zero attached hydrogens (tertiary/aromatic N) is 5. The second-order valence-corrected chi connectivity index (χ2v) is 11.7. The van der Waals surface area contributed by atoms with Crippen molar-refractivity contribution in [3.8, 4) is 11.1 Å². The van der Waals surface area contributed by atoms with Crippen LogP contribution in [0, 0.1) is 5.92 Å². The Morgan fingerprint density at radius 3 is 2.67 bits per heavy atom. The SMILES string of the molecule is CCNc1cc(C(F)(F)F)cc2c1[nH]c1ncc(-c3cnc4c(c3)c(=O)c(C(=O)O)cn4NC)c(N3CC[C@H]4CN(C)C[C@H]43)c12. The van der Waals surface area contributed by atoms with Gasteiger partial charge in [0, 0.05) is 74.4 Å². The number of alkyl halides is 3. The lowest BCUT2D eigenvalue weighted by atomic mass is 9.99. The molecule has 4 N–H and O–H groups in total. The van der Waals surface area contributed by atoms with Crippen molar-refractivity contribution in [2.45, 2.75) is 25.6 Å². The summed E-state index contributed by atoms with van der Waals surface area (Å²) in [5, 5.41) is 13.8. The fourth-order valence-electron chi connectivity index (χ4n) is 7.08. The van der Waals surface area contributed by atoms with Crippen LogP contribution in [0.25, 0.3) is 44.1 Å². The summed E-state index contributed by atoms with van der Waals surface area (Å²) in [5.74, 6) is -0.987. The predicted molar refractivity (Wildman–Crippen MR) is 167 cm³/mol. The largest absolute Gasteiger partial charge is 0.477 e. The van der Waals surface area contributed by atoms with E-state index >= 15 is 0 Å². The van der Waals surface area contributed by atoms with Crippen molar-refractivity contribution < 1.29 is 23.1 Å². The first-order valence-electron chi connectivity index (χ1n) is 14.7. The van der Waals surface area contributed by atoms with E-state index < -0.39 is 28.7 Å². The van der Waals surface area contributed by atoms with E-state index in [1.807, 2.05) is 6.92 Å². The quantitative estimate of drug-likeness (QED) is 0.216. The van der Waals surface area contributed by atoms with Gasteiger partial charge in [-0.1, -0.05) is 0 Å². The van der Waals surface area contributed by atoms with Gasteiger partial charge in [0.1, 0.15) is 11.2 Å². The molecule has 0 unspecified atom stereocenters. The first kappa shape index (κ1) is 28.9. The van der Waals surface area contributed by atoms with Crippen LogP contribution in [0.15, 0.2) is 41.6 Å². The Morgan fingerprint density at radius 1 is 1.16 bits per heavy atom. The molecule has 2 aliphatic rings. The van der Waals surface area contributed by atoms with Crippen LogP contribution in [-0.2, 0) is 6.18 Å². The first-order chi connectivity index (χ1) is 21.5. The number of aromatic amines is 1. The van der Waals surface area contributed by atoms with Crippen LogP contribution in [0.5, 0.6) is 0 Å². The number of halogens is 3. The summed E-state index contributed by atoms with van der Waals surface area (Å²) in [5.41, 5.74) is 4.27. The van der Waals surface area contributed by atoms with Crippen LogP contribution in [0.2, 0.25) is 0 Å². The predicted octanol–water partition coefficient (Wildman–Crippen LogP) is 4.56. The molecule has 2 aliphatic heterocycles. The average molecular weight is 621 g/mol. The minimum absolute atomic E-state index is 0.0837. The maximum absolute atomic E-state index is 14.2. The van der Waals surface area contributed by atoms with Gasteiger partial charge in [0.05, 0.1) is 33.2 Å². The Morgan fingerprint density at radius 2 is 1.96 bits per heavy atom. The third-order valence-corrected chi connectivity index (χ3v) is 9.04. The standard InChI is InChI=1S/C31H31F3N8O3/c1-4-36-22-9-17(31(32,33)34)8-18-24-26(41-6-5-15-12-40(3)14-23(15)41)20(11-37-28(24)39-25(18)22)16-7-19-27(43)21(30(44)45)13-42(35-2)29(19)38-10-16/h7-11,13,15,23,35-36H,4-6,12,14H2,1-3H3,(H,37,39)(H,44,45)/t15-,23+/m0/s1. The highest BCUT2D eigenvalue weighted by Gasteiger charge is 2.42. The molecule has 14 heteroatoms. The van der Waals surface area contributed by atoms with Crippen LogP contribution < -0.4 is 21.1 Å². The Balaban J connectivity index is 1.56. The molecule has 45 heavy (non-hydrogen) atoms. The van der Waals surface area contributed by atoms with Gasteiger partial charge < -0.3 is 30.6 Å². The number of H-pyrrole nitrogens is 1. The summed E-state index contributed by atoms with van der Waals surface area (Å²) in [4.78, 5) is 42.2. The van der Waals surface area contributed by atoms with E-state index in [9.17, 15) is 27.9 Å². The van der Waals surface area contributed by atoms with Crippen molar-refractivity contribution in [2.24, 2.45) is 5.92 Å². The van der Waals surface area contributed by atoms with Gasteiger partial charge in [-0.2, -0.15) is 13.2 Å². The van der Waals surface area contributed by atoms with Gasteiger partial charge >= 0.3 is 12.1 Å². The van der Waals surface area contributed by atoms with Gasteiger partial charge in [-0.25, -0.2) is 19.4 Å². The van der Waals surface area contributed by atoms with Crippen LogP contribution in [0.3, 0.4) is 0 Å². The number of nitrogens with one attached hydrogen (secondary N) is 3. The summed E-state index contributed by atoms with van der Waals surface area (Å²) >= 11 is 0. The number of pyridine rings is 3. The van der Waals surface area contributed by atoms with E-state index in [0.717, 1.165) is 25.6 Å². The highest BCUT2D eigenvalue weighted by molar-refractivity contribution is 6.18. The maximum atomic E-state index is 14.2. The van der Waals surface area contributed by atoms with Crippen molar-refractivity contribution in [3.05, 3.63) is 58.1 Å². The number of anilines is 2. The Bertz CT molecular complexity index is 2070. The Labute approximate surface area is 254 Å². The molecule has 234 valence electrons. The summed E-state index contributed by atoms with van der Waals surface area (Å²) in [7, 11) is 3.64. The van der Waals surface area contributed by atoms with Gasteiger partial charge in [-0.05, 0) is 44.5 Å². The molecule has 2 atom stereocenters. The number of aromatic nitrogens is 4. The monoisotopic (exact) mass is 620 g/mol. The van der Waals surface area contributed by atoms with Crippen LogP contribution >= 0.6 is 0 Å². The number of hydrogen-bond acceptors (Lipinski definition) is 8. The van der Waals surface area contributed by atoms with Crippen molar-refractivity contribution in [3.63, 3.8) is 0 Å². The normalized spacial score (nSPS) is 18.8. The number of rotatable bonds is 6. The van der Waals surface area contributed by atoms with E-state index in [2.05, 4.69) is 42.5 Å². The maximum Gasteiger partial charge on any atom is 0.416 e. The number of hydrogen-bond donors (Lipinski definition) is 4. The average Bonchev–Trinajstić information content (AvgIpc) is 3.68. The molecule has 11 nitrogen and oxygen atoms in total. The molecule has 7 rings (SSSR count). The molecule has 2 saturated heterocycles. The topological polar surface area (TPSA) is 131 Å². The molecule has 1 aromatic carbocycles. The Kier molecular flexibility index (Phi) is 6.65. The summed E-state index contributed by atoms with van der Waals surface area (Å²) in [6.45, 7) is 4.64. The summed E-state index contributed by atoms with van der Waals surface area (Å²) < 4.78 is 43.9. The number of benzene rings is 1. The van der Waals surface area contributed by atoms with E-state index in [4.69, 9.17) is 0 Å². The molecule has 2 fully saturated rings. The lowest BCUT2D eigenvalue weighted by Gasteiger charge is -2.29. The second-order valence-electron chi connectivity index (χ2n) is 11.7. The molecule has 5 aromatic rings. The molecule has 0 saturated carbocycles. The van der Waals surface area contributed by atoms with Crippen molar-refractivity contribution in [1.82, 2.24) is 24.5 Å². The fraction of sp³-hybridized carbons (Fsp3) is 0.355. The van der Waals surface area contributed by atoms with Crippen molar-refractivity contribution in [1.29, 1.82) is 0 Å². The first-order valence-corrected chi connectivity index (χ1v) is 14.7. The second kappa shape index (κ2) is 10.4. The van der Waals surface area contributed by atoms with Crippen molar-refractivity contribution >= 4 is 50.3 Å². The molecule has 0 radical (unpaired) electrons. The number of aromatic carboxylic acids is 1. The van der Waals surface area contributed by atoms with E-state index in [1.165, 1.54) is 16.9 Å². The van der Waals surface area contributed by atoms with E-state index in [-0.39, 0.29) is 17.1 Å². The molecular weight excluding hydrogens is 589 g/mol. The van der Waals surface area contributed by atoms with Gasteiger partial charge in [0.15, 0.2) is 5.65 Å². The zero-order chi connectivity index (χ0) is 31.8. The van der Waals surface area contributed by atoms with E-state index in [0.29, 0.717) is 63.4 Å². The van der Waals surface area contributed by atoms with Gasteiger partial charge in [-0.15, -0.1) is 0 Å². The minimum Gasteiger partial charge on any atom is -0.477 e. The van der Waals surface area contributed by atoms with Gasteiger partial charge in [-0.3, -0.25) is 4.79 Å². The number of fused-ring (bicyclic) bond motifs is 5. The smallest absolute Gasteiger partial charge is 0.416 e. The highest BCUT2D eigenvalue weighted by atomic mass is 19.4. The minimum atomic E-state index is -4.57. The third kappa shape index (κ3) is 4.54. The van der Waals surface area contributed by atoms with Gasteiger partial charge in [0.25, 0.3) is 0 Å². The lowest BCUT2D eigenvalue weighted by molar-refractivity contribution is -0.137. The zero-order valence-corrected chi connectivity index (χ0v) is 24.8. The summed E-state index contributed by atoms with van der Waals surface area (Å²) in [6.07, 6.45) is 0.763. The van der Waals surface area contributed by atoms with Crippen LogP contribution in [0.1, 0.15) is 29.3 Å². The highest BCUT2D eigenvalue weighted by Crippen LogP contribution is 2.47. The zero-order valence-electron chi connectivity index (χ0n) is 24.8. The molecule has 6 heterocycles. The fourth-order valence-corrected chi connectivity index (χ4v) is 7.08. The van der Waals surface area contributed by atoms with Crippen molar-refractivity contribution in [2.75, 3.05) is 55.9 Å². The number of likely N-dealkylation sites (N-methyl/N-ethyl adjacent to an activating group) is 1. The molecule has 0 bridgehead atoms. The molecular formula is C31H31F3N8O3. The third-order valence-electron chi connectivity index (χ3n) is 9.04. The molecule has 4 aromatic heterocycles. The van der Waals surface area contributed by atoms with Crippen LogP contribution in [-0.4, -0.2) is 81.9 Å². The Hall–Kier alpha value is -4.85. The van der Waals surface area contributed by atoms with Gasteiger partial charge in [0.2, 0.25) is 5.43 Å². The number of carbonyl (C=O) groups is 1. The number of likely N-dealkylation sites (tertiary alicyclic amines) is 1. The van der Waals surface area contributed by atoms with E-state index in [1.54, 1.807) is 25.5 Å². The molecule has 0 spiro atoms. The number of carboxylic acids is 1. The lowest BCUT2D eigenvalue weighted by Crippen LogP contribution is -2.35. The molecule has 0 aliphatic carbocycles. The number of carboxylic acid groups (broad SMARTS) is 1. The van der Waals surface area contributed by atoms with Crippen LogP contribution in [0.4, 0.5) is 24.5 Å². The summed E-state index contributed by atoms with van der Waals surface area (Å²) in [6, 6.07) is 3.99.